The van der Waals surface area contributed by atoms with Gasteiger partial charge in [0.15, 0.2) is 0 Å². The molecule has 0 aliphatic heterocycles. The van der Waals surface area contributed by atoms with Crippen molar-refractivity contribution < 1.29 is 26.6 Å². The van der Waals surface area contributed by atoms with E-state index >= 15 is 0 Å². The summed E-state index contributed by atoms with van der Waals surface area (Å²) >= 11 is 0. The maximum absolute atomic E-state index is 10.3. The van der Waals surface area contributed by atoms with Crippen LogP contribution in [0.2, 0.25) is 0 Å². The van der Waals surface area contributed by atoms with Crippen LogP contribution in [0, 0.1) is 0 Å². The number of ether oxygens (including phenoxy) is 2. The van der Waals surface area contributed by atoms with Gasteiger partial charge in [-0.25, -0.2) is 4.18 Å². The molecule has 0 spiro atoms. The third-order valence-electron chi connectivity index (χ3n) is 2.99. The SMILES string of the molecule is CCCCCCCC(C)OC(C)COCCOS(=O)(=O)O. The summed E-state index contributed by atoms with van der Waals surface area (Å²) in [6.45, 7) is 6.44. The minimum Gasteiger partial charge on any atom is -0.376 e. The topological polar surface area (TPSA) is 82.1 Å². The summed E-state index contributed by atoms with van der Waals surface area (Å²) in [5.41, 5.74) is 0. The molecule has 0 aromatic rings. The van der Waals surface area contributed by atoms with E-state index in [2.05, 4.69) is 18.0 Å². The van der Waals surface area contributed by atoms with E-state index in [1.165, 1.54) is 32.1 Å². The van der Waals surface area contributed by atoms with Crippen LogP contribution in [0.3, 0.4) is 0 Å². The van der Waals surface area contributed by atoms with Gasteiger partial charge in [0.05, 0.1) is 32.0 Å². The van der Waals surface area contributed by atoms with Crippen molar-refractivity contribution in [1.29, 1.82) is 0 Å². The predicted octanol–water partition coefficient (Wildman–Crippen LogP) is 2.98. The first-order valence-corrected chi connectivity index (χ1v) is 9.06. The Balaban J connectivity index is 3.49. The van der Waals surface area contributed by atoms with Crippen molar-refractivity contribution in [3.63, 3.8) is 0 Å². The molecule has 0 amide bonds. The van der Waals surface area contributed by atoms with Crippen LogP contribution in [0.25, 0.3) is 0 Å². The molecule has 1 N–H and O–H groups in total. The zero-order valence-electron chi connectivity index (χ0n) is 13.4. The minimum atomic E-state index is -4.37. The van der Waals surface area contributed by atoms with Crippen molar-refractivity contribution in [1.82, 2.24) is 0 Å². The molecule has 0 radical (unpaired) electrons. The number of hydrogen-bond donors (Lipinski definition) is 1. The summed E-state index contributed by atoms with van der Waals surface area (Å²) in [7, 11) is -4.37. The Hall–Kier alpha value is -0.210. The third-order valence-corrected chi connectivity index (χ3v) is 3.46. The van der Waals surface area contributed by atoms with Gasteiger partial charge in [0.1, 0.15) is 0 Å². The lowest BCUT2D eigenvalue weighted by Gasteiger charge is -2.19. The maximum Gasteiger partial charge on any atom is 0.397 e. The molecule has 0 heterocycles. The molecule has 0 aliphatic carbocycles. The molecule has 7 heteroatoms. The maximum atomic E-state index is 10.3. The lowest BCUT2D eigenvalue weighted by molar-refractivity contribution is -0.0479. The van der Waals surface area contributed by atoms with Crippen LogP contribution in [0.4, 0.5) is 0 Å². The molecule has 128 valence electrons. The quantitative estimate of drug-likeness (QED) is 0.390. The molecule has 2 atom stereocenters. The average Bonchev–Trinajstić information content (AvgIpc) is 2.36. The first kappa shape index (κ1) is 20.8. The normalized spacial score (nSPS) is 15.0. The Morgan fingerprint density at radius 3 is 2.29 bits per heavy atom. The van der Waals surface area contributed by atoms with Crippen LogP contribution < -0.4 is 0 Å². The van der Waals surface area contributed by atoms with E-state index < -0.39 is 10.4 Å². The highest BCUT2D eigenvalue weighted by Crippen LogP contribution is 2.10. The van der Waals surface area contributed by atoms with E-state index in [1.807, 2.05) is 6.92 Å². The number of unbranched alkanes of at least 4 members (excludes halogenated alkanes) is 4. The molecular weight excluding hydrogens is 296 g/mol. The van der Waals surface area contributed by atoms with Gasteiger partial charge in [-0.05, 0) is 20.3 Å². The van der Waals surface area contributed by atoms with Gasteiger partial charge in [-0.15, -0.1) is 0 Å². The lowest BCUT2D eigenvalue weighted by Crippen LogP contribution is -2.23. The van der Waals surface area contributed by atoms with Crippen molar-refractivity contribution in [2.24, 2.45) is 0 Å². The Morgan fingerprint density at radius 2 is 1.67 bits per heavy atom. The monoisotopic (exact) mass is 326 g/mol. The number of hydrogen-bond acceptors (Lipinski definition) is 5. The van der Waals surface area contributed by atoms with Crippen LogP contribution >= 0.6 is 0 Å². The van der Waals surface area contributed by atoms with Crippen LogP contribution in [-0.2, 0) is 24.1 Å². The molecule has 0 fully saturated rings. The van der Waals surface area contributed by atoms with E-state index in [9.17, 15) is 8.42 Å². The molecule has 0 bridgehead atoms. The molecule has 0 aromatic heterocycles. The second-order valence-electron chi connectivity index (χ2n) is 5.28. The van der Waals surface area contributed by atoms with Crippen LogP contribution in [-0.4, -0.2) is 45.0 Å². The van der Waals surface area contributed by atoms with Gasteiger partial charge >= 0.3 is 10.4 Å². The predicted molar refractivity (Wildman–Crippen MR) is 81.7 cm³/mol. The first-order chi connectivity index (χ1) is 9.85. The van der Waals surface area contributed by atoms with Crippen molar-refractivity contribution in [2.45, 2.75) is 71.5 Å². The molecule has 0 rings (SSSR count). The fraction of sp³-hybridized carbons (Fsp3) is 1.00. The van der Waals surface area contributed by atoms with Gasteiger partial charge in [0.2, 0.25) is 0 Å². The highest BCUT2D eigenvalue weighted by Gasteiger charge is 2.09. The van der Waals surface area contributed by atoms with Crippen LogP contribution in [0.1, 0.15) is 59.3 Å². The summed E-state index contributed by atoms with van der Waals surface area (Å²) < 4.78 is 44.1. The fourth-order valence-corrected chi connectivity index (χ4v) is 2.27. The molecule has 0 saturated heterocycles. The van der Waals surface area contributed by atoms with E-state index in [-0.39, 0.29) is 25.4 Å². The first-order valence-electron chi connectivity index (χ1n) is 7.70. The summed E-state index contributed by atoms with van der Waals surface area (Å²) in [6.07, 6.45) is 7.44. The van der Waals surface area contributed by atoms with Gasteiger partial charge < -0.3 is 9.47 Å². The summed E-state index contributed by atoms with van der Waals surface area (Å²) in [5.74, 6) is 0. The summed E-state index contributed by atoms with van der Waals surface area (Å²) in [4.78, 5) is 0. The molecule has 21 heavy (non-hydrogen) atoms. The number of rotatable bonds is 14. The molecule has 0 aliphatic rings. The van der Waals surface area contributed by atoms with Crippen molar-refractivity contribution in [3.05, 3.63) is 0 Å². The highest BCUT2D eigenvalue weighted by atomic mass is 32.3. The van der Waals surface area contributed by atoms with Gasteiger partial charge in [-0.2, -0.15) is 8.42 Å². The van der Waals surface area contributed by atoms with Crippen molar-refractivity contribution in [2.75, 3.05) is 19.8 Å². The molecular formula is C14H30O6S. The summed E-state index contributed by atoms with van der Waals surface area (Å²) in [6, 6.07) is 0. The molecule has 6 nitrogen and oxygen atoms in total. The van der Waals surface area contributed by atoms with E-state index in [1.54, 1.807) is 0 Å². The Bertz CT molecular complexity index is 330. The van der Waals surface area contributed by atoms with Crippen molar-refractivity contribution >= 4 is 10.4 Å². The van der Waals surface area contributed by atoms with E-state index in [4.69, 9.17) is 14.0 Å². The molecule has 0 saturated carbocycles. The Labute approximate surface area is 129 Å². The van der Waals surface area contributed by atoms with Crippen molar-refractivity contribution in [3.8, 4) is 0 Å². The third kappa shape index (κ3) is 16.0. The average molecular weight is 326 g/mol. The van der Waals surface area contributed by atoms with Gasteiger partial charge in [0.25, 0.3) is 0 Å². The second kappa shape index (κ2) is 12.3. The second-order valence-corrected chi connectivity index (χ2v) is 6.38. The zero-order chi connectivity index (χ0) is 16.1. The lowest BCUT2D eigenvalue weighted by atomic mass is 10.1. The standard InChI is InChI=1S/C14H30O6S/c1-4-5-6-7-8-9-13(2)20-14(3)12-18-10-11-19-21(15,16)17/h13-14H,4-12H2,1-3H3,(H,15,16,17). The highest BCUT2D eigenvalue weighted by molar-refractivity contribution is 7.80. The smallest absolute Gasteiger partial charge is 0.376 e. The summed E-state index contributed by atoms with van der Waals surface area (Å²) in [5, 5.41) is 0. The largest absolute Gasteiger partial charge is 0.397 e. The molecule has 2 unspecified atom stereocenters. The van der Waals surface area contributed by atoms with Gasteiger partial charge in [0, 0.05) is 0 Å². The fourth-order valence-electron chi connectivity index (χ4n) is 1.99. The van der Waals surface area contributed by atoms with Crippen LogP contribution in [0.5, 0.6) is 0 Å². The Kier molecular flexibility index (Phi) is 12.2. The van der Waals surface area contributed by atoms with Crippen LogP contribution in [0.15, 0.2) is 0 Å². The van der Waals surface area contributed by atoms with Gasteiger partial charge in [-0.3, -0.25) is 4.55 Å². The minimum absolute atomic E-state index is 0.0543. The van der Waals surface area contributed by atoms with E-state index in [0.717, 1.165) is 6.42 Å². The van der Waals surface area contributed by atoms with E-state index in [0.29, 0.717) is 6.61 Å². The van der Waals surface area contributed by atoms with Gasteiger partial charge in [-0.1, -0.05) is 39.0 Å². The Morgan fingerprint density at radius 1 is 1.00 bits per heavy atom. The molecule has 0 aromatic carbocycles. The zero-order valence-corrected chi connectivity index (χ0v) is 14.2.